The summed E-state index contributed by atoms with van der Waals surface area (Å²) < 4.78 is 0. The van der Waals surface area contributed by atoms with Crippen LogP contribution in [0.2, 0.25) is 0 Å². The first kappa shape index (κ1) is 13.2. The molecule has 0 aromatic rings. The van der Waals surface area contributed by atoms with E-state index in [2.05, 4.69) is 10.2 Å². The zero-order valence-corrected chi connectivity index (χ0v) is 11.3. The molecule has 4 nitrogen and oxygen atoms in total. The van der Waals surface area contributed by atoms with Crippen LogP contribution in [0.15, 0.2) is 0 Å². The molecule has 5 heteroatoms. The minimum absolute atomic E-state index is 0.00741. The molecule has 1 amide bonds. The van der Waals surface area contributed by atoms with Gasteiger partial charge in [0.15, 0.2) is 0 Å². The number of nitrogens with one attached hydrogen (secondary N) is 1. The summed E-state index contributed by atoms with van der Waals surface area (Å²) in [6, 6.07) is 0.00741. The summed E-state index contributed by atoms with van der Waals surface area (Å²) in [5, 5.41) is 12.7. The predicted molar refractivity (Wildman–Crippen MR) is 70.2 cm³/mol. The largest absolute Gasteiger partial charge is 0.394 e. The molecule has 1 atom stereocenters. The molecule has 98 valence electrons. The molecule has 0 aromatic heterocycles. The van der Waals surface area contributed by atoms with Gasteiger partial charge in [-0.05, 0) is 50.8 Å². The van der Waals surface area contributed by atoms with Crippen LogP contribution in [0, 0.1) is 0 Å². The van der Waals surface area contributed by atoms with Gasteiger partial charge in [0.1, 0.15) is 0 Å². The topological polar surface area (TPSA) is 52.6 Å². The van der Waals surface area contributed by atoms with Crippen LogP contribution in [0.1, 0.15) is 25.7 Å². The molecule has 2 aliphatic heterocycles. The summed E-state index contributed by atoms with van der Waals surface area (Å²) >= 11 is 1.90. The van der Waals surface area contributed by atoms with Gasteiger partial charge in [-0.15, -0.1) is 0 Å². The van der Waals surface area contributed by atoms with Crippen LogP contribution in [0.5, 0.6) is 0 Å². The van der Waals surface area contributed by atoms with Crippen molar-refractivity contribution in [3.63, 3.8) is 0 Å². The minimum atomic E-state index is -0.355. The second-order valence-corrected chi connectivity index (χ2v) is 6.40. The van der Waals surface area contributed by atoms with Crippen molar-refractivity contribution < 1.29 is 9.90 Å². The van der Waals surface area contributed by atoms with Crippen LogP contribution in [-0.4, -0.2) is 59.2 Å². The molecule has 0 radical (unpaired) electrons. The van der Waals surface area contributed by atoms with Gasteiger partial charge >= 0.3 is 0 Å². The Morgan fingerprint density at radius 1 is 1.53 bits per heavy atom. The molecule has 2 saturated heterocycles. The number of rotatable bonds is 3. The third-order valence-corrected chi connectivity index (χ3v) is 4.95. The van der Waals surface area contributed by atoms with E-state index in [9.17, 15) is 9.90 Å². The Morgan fingerprint density at radius 3 is 2.76 bits per heavy atom. The highest BCUT2D eigenvalue weighted by Crippen LogP contribution is 2.27. The molecule has 2 heterocycles. The number of likely N-dealkylation sites (tertiary alicyclic amines) is 1. The van der Waals surface area contributed by atoms with Gasteiger partial charge in [-0.2, -0.15) is 11.8 Å². The zero-order chi connectivity index (χ0) is 12.3. The monoisotopic (exact) mass is 258 g/mol. The van der Waals surface area contributed by atoms with Crippen LogP contribution in [-0.2, 0) is 4.79 Å². The van der Waals surface area contributed by atoms with Crippen molar-refractivity contribution in [2.24, 2.45) is 0 Å². The van der Waals surface area contributed by atoms with Gasteiger partial charge in [0, 0.05) is 0 Å². The molecule has 0 unspecified atom stereocenters. The van der Waals surface area contributed by atoms with E-state index in [1.165, 1.54) is 0 Å². The molecular weight excluding hydrogens is 236 g/mol. The van der Waals surface area contributed by atoms with Crippen molar-refractivity contribution in [3.05, 3.63) is 0 Å². The van der Waals surface area contributed by atoms with Gasteiger partial charge in [-0.3, -0.25) is 9.69 Å². The summed E-state index contributed by atoms with van der Waals surface area (Å²) in [6.07, 6.45) is 3.81. The average Bonchev–Trinajstić information content (AvgIpc) is 2.77. The van der Waals surface area contributed by atoms with Crippen LogP contribution in [0.3, 0.4) is 0 Å². The van der Waals surface area contributed by atoms with Crippen LogP contribution < -0.4 is 5.32 Å². The van der Waals surface area contributed by atoms with Crippen molar-refractivity contribution in [3.8, 4) is 0 Å². The van der Waals surface area contributed by atoms with Gasteiger partial charge in [0.25, 0.3) is 0 Å². The molecular formula is C12H22N2O2S. The number of hydrogen-bond donors (Lipinski definition) is 2. The lowest BCUT2D eigenvalue weighted by Crippen LogP contribution is -2.57. The van der Waals surface area contributed by atoms with Gasteiger partial charge in [0.2, 0.25) is 5.91 Å². The molecule has 0 bridgehead atoms. The highest BCUT2D eigenvalue weighted by Gasteiger charge is 2.37. The van der Waals surface area contributed by atoms with E-state index in [0.717, 1.165) is 43.7 Å². The lowest BCUT2D eigenvalue weighted by molar-refractivity contribution is -0.127. The number of hydrogen-bond acceptors (Lipinski definition) is 4. The maximum atomic E-state index is 12.2. The van der Waals surface area contributed by atoms with E-state index in [-0.39, 0.29) is 24.1 Å². The standard InChI is InChI=1S/C12H22N2O2S/c1-14-6-2-3-10(14)11(16)13-12(9-15)4-7-17-8-5-12/h10,15H,2-9H2,1H3,(H,13,16)/t10-/m1/s1. The lowest BCUT2D eigenvalue weighted by atomic mass is 9.92. The molecule has 2 N–H and O–H groups in total. The Balaban J connectivity index is 1.95. The molecule has 0 aromatic carbocycles. The highest BCUT2D eigenvalue weighted by atomic mass is 32.2. The fourth-order valence-corrected chi connectivity index (χ4v) is 3.95. The first-order chi connectivity index (χ1) is 8.17. The third-order valence-electron chi connectivity index (χ3n) is 3.96. The van der Waals surface area contributed by atoms with Gasteiger partial charge < -0.3 is 10.4 Å². The lowest BCUT2D eigenvalue weighted by Gasteiger charge is -2.37. The Bertz CT molecular complexity index is 280. The maximum absolute atomic E-state index is 12.2. The number of aliphatic hydroxyl groups excluding tert-OH is 1. The van der Waals surface area contributed by atoms with Crippen molar-refractivity contribution >= 4 is 17.7 Å². The number of nitrogens with zero attached hydrogens (tertiary/aromatic N) is 1. The predicted octanol–water partition coefficient (Wildman–Crippen LogP) is 0.455. The van der Waals surface area contributed by atoms with Crippen molar-refractivity contribution in [2.45, 2.75) is 37.3 Å². The fourth-order valence-electron chi connectivity index (χ4n) is 2.67. The second-order valence-electron chi connectivity index (χ2n) is 5.18. The van der Waals surface area contributed by atoms with E-state index in [1.807, 2.05) is 18.8 Å². The Morgan fingerprint density at radius 2 is 2.24 bits per heavy atom. The molecule has 2 fully saturated rings. The molecule has 0 spiro atoms. The molecule has 0 saturated carbocycles. The Hall–Kier alpha value is -0.260. The van der Waals surface area contributed by atoms with E-state index in [4.69, 9.17) is 0 Å². The minimum Gasteiger partial charge on any atom is -0.394 e. The summed E-state index contributed by atoms with van der Waals surface area (Å²) in [7, 11) is 2.00. The van der Waals surface area contributed by atoms with Crippen molar-refractivity contribution in [1.29, 1.82) is 0 Å². The van der Waals surface area contributed by atoms with Crippen molar-refractivity contribution in [2.75, 3.05) is 31.7 Å². The number of carbonyl (C=O) groups is 1. The first-order valence-electron chi connectivity index (χ1n) is 6.38. The summed E-state index contributed by atoms with van der Waals surface area (Å²) in [4.78, 5) is 14.3. The van der Waals surface area contributed by atoms with Crippen LogP contribution >= 0.6 is 11.8 Å². The third kappa shape index (κ3) is 2.95. The van der Waals surface area contributed by atoms with Crippen LogP contribution in [0.4, 0.5) is 0 Å². The average molecular weight is 258 g/mol. The molecule has 2 aliphatic rings. The second kappa shape index (κ2) is 5.59. The summed E-state index contributed by atoms with van der Waals surface area (Å²) in [5.74, 6) is 2.16. The molecule has 0 aliphatic carbocycles. The van der Waals surface area contributed by atoms with E-state index >= 15 is 0 Å². The number of amides is 1. The Labute approximate surface area is 107 Å². The zero-order valence-electron chi connectivity index (χ0n) is 10.4. The van der Waals surface area contributed by atoms with Crippen LogP contribution in [0.25, 0.3) is 0 Å². The molecule has 2 rings (SSSR count). The number of aliphatic hydroxyl groups is 1. The summed E-state index contributed by atoms with van der Waals surface area (Å²) in [5.41, 5.74) is -0.355. The van der Waals surface area contributed by atoms with E-state index in [0.29, 0.717) is 0 Å². The smallest absolute Gasteiger partial charge is 0.237 e. The molecule has 17 heavy (non-hydrogen) atoms. The van der Waals surface area contributed by atoms with Gasteiger partial charge in [-0.1, -0.05) is 0 Å². The quantitative estimate of drug-likeness (QED) is 0.772. The maximum Gasteiger partial charge on any atom is 0.237 e. The number of likely N-dealkylation sites (N-methyl/N-ethyl adjacent to an activating group) is 1. The SMILES string of the molecule is CN1CCC[C@@H]1C(=O)NC1(CO)CCSCC1. The number of carbonyl (C=O) groups excluding carboxylic acids is 1. The van der Waals surface area contributed by atoms with E-state index < -0.39 is 0 Å². The van der Waals surface area contributed by atoms with Gasteiger partial charge in [0.05, 0.1) is 18.2 Å². The van der Waals surface area contributed by atoms with Gasteiger partial charge in [-0.25, -0.2) is 0 Å². The Kier molecular flexibility index (Phi) is 4.33. The van der Waals surface area contributed by atoms with Crippen molar-refractivity contribution in [1.82, 2.24) is 10.2 Å². The fraction of sp³-hybridized carbons (Fsp3) is 0.917. The first-order valence-corrected chi connectivity index (χ1v) is 7.53. The normalized spacial score (nSPS) is 29.2. The number of thioether (sulfide) groups is 1. The summed E-state index contributed by atoms with van der Waals surface area (Å²) in [6.45, 7) is 1.07. The van der Waals surface area contributed by atoms with E-state index in [1.54, 1.807) is 0 Å². The highest BCUT2D eigenvalue weighted by molar-refractivity contribution is 7.99.